The van der Waals surface area contributed by atoms with Crippen LogP contribution < -0.4 is 5.32 Å². The molecule has 3 nitrogen and oxygen atoms in total. The van der Waals surface area contributed by atoms with Gasteiger partial charge in [0.1, 0.15) is 0 Å². The van der Waals surface area contributed by atoms with Crippen molar-refractivity contribution in [1.82, 2.24) is 5.32 Å². The van der Waals surface area contributed by atoms with Crippen LogP contribution in [0.15, 0.2) is 24.3 Å². The van der Waals surface area contributed by atoms with Crippen molar-refractivity contribution >= 4 is 0 Å². The highest BCUT2D eigenvalue weighted by atomic mass is 16.7. The molecule has 21 heavy (non-hydrogen) atoms. The molecule has 114 valence electrons. The number of nitrogens with one attached hydrogen (secondary N) is 1. The first-order valence-electron chi connectivity index (χ1n) is 8.44. The van der Waals surface area contributed by atoms with Gasteiger partial charge in [-0.05, 0) is 43.2 Å². The van der Waals surface area contributed by atoms with Gasteiger partial charge in [-0.2, -0.15) is 0 Å². The third-order valence-electron chi connectivity index (χ3n) is 5.38. The minimum absolute atomic E-state index is 0.225. The molecule has 0 bridgehead atoms. The SMILES string of the molecule is c1ccc2c(c1)CCC(NC1CCC3(CC1)OCCO3)C2. The summed E-state index contributed by atoms with van der Waals surface area (Å²) in [6.45, 7) is 1.55. The van der Waals surface area contributed by atoms with Gasteiger partial charge >= 0.3 is 0 Å². The van der Waals surface area contributed by atoms with E-state index in [-0.39, 0.29) is 5.79 Å². The lowest BCUT2D eigenvalue weighted by Gasteiger charge is -2.38. The Balaban J connectivity index is 1.32. The normalized spacial score (nSPS) is 28.7. The highest BCUT2D eigenvalue weighted by Gasteiger charge is 2.40. The molecule has 1 heterocycles. The van der Waals surface area contributed by atoms with Gasteiger partial charge in [-0.1, -0.05) is 24.3 Å². The van der Waals surface area contributed by atoms with Crippen LogP contribution in [0.2, 0.25) is 0 Å². The molecule has 2 aliphatic carbocycles. The summed E-state index contributed by atoms with van der Waals surface area (Å²) in [5.41, 5.74) is 3.09. The second-order valence-corrected chi connectivity index (χ2v) is 6.76. The summed E-state index contributed by atoms with van der Waals surface area (Å²) in [5.74, 6) is -0.225. The van der Waals surface area contributed by atoms with E-state index in [1.165, 1.54) is 37.7 Å². The lowest BCUT2D eigenvalue weighted by molar-refractivity contribution is -0.179. The summed E-state index contributed by atoms with van der Waals surface area (Å²) in [6, 6.07) is 10.2. The highest BCUT2D eigenvalue weighted by Crippen LogP contribution is 2.36. The van der Waals surface area contributed by atoms with E-state index in [0.717, 1.165) is 26.1 Å². The van der Waals surface area contributed by atoms with E-state index in [1.807, 2.05) is 0 Å². The Labute approximate surface area is 127 Å². The molecule has 3 heteroatoms. The first kappa shape index (κ1) is 13.7. The van der Waals surface area contributed by atoms with Crippen LogP contribution in [0.4, 0.5) is 0 Å². The number of fused-ring (bicyclic) bond motifs is 1. The molecule has 0 aromatic heterocycles. The second-order valence-electron chi connectivity index (χ2n) is 6.76. The summed E-state index contributed by atoms with van der Waals surface area (Å²) in [4.78, 5) is 0. The Morgan fingerprint density at radius 1 is 0.905 bits per heavy atom. The van der Waals surface area contributed by atoms with Crippen molar-refractivity contribution in [2.45, 2.75) is 62.8 Å². The molecule has 0 radical (unpaired) electrons. The van der Waals surface area contributed by atoms with E-state index >= 15 is 0 Å². The number of ether oxygens (including phenoxy) is 2. The zero-order chi connectivity index (χ0) is 14.1. The van der Waals surface area contributed by atoms with E-state index < -0.39 is 0 Å². The van der Waals surface area contributed by atoms with Gasteiger partial charge in [0.25, 0.3) is 0 Å². The molecule has 1 atom stereocenters. The van der Waals surface area contributed by atoms with Gasteiger partial charge in [0, 0.05) is 24.9 Å². The minimum Gasteiger partial charge on any atom is -0.348 e. The maximum atomic E-state index is 5.82. The van der Waals surface area contributed by atoms with E-state index in [1.54, 1.807) is 5.56 Å². The number of hydrogen-bond donors (Lipinski definition) is 1. The van der Waals surface area contributed by atoms with Crippen molar-refractivity contribution in [3.8, 4) is 0 Å². The predicted molar refractivity (Wildman–Crippen MR) is 82.3 cm³/mol. The quantitative estimate of drug-likeness (QED) is 0.907. The third kappa shape index (κ3) is 2.87. The summed E-state index contributed by atoms with van der Waals surface area (Å²) < 4.78 is 11.6. The Kier molecular flexibility index (Phi) is 3.74. The third-order valence-corrected chi connectivity index (χ3v) is 5.38. The standard InChI is InChI=1S/C18H25NO2/c1-2-4-15-13-17(6-5-14(15)3-1)19-16-7-9-18(10-8-16)20-11-12-21-18/h1-4,16-17,19H,5-13H2. The molecule has 1 spiro atoms. The average Bonchev–Trinajstić information content (AvgIpc) is 2.98. The number of benzene rings is 1. The fourth-order valence-corrected chi connectivity index (χ4v) is 4.18. The van der Waals surface area contributed by atoms with E-state index in [2.05, 4.69) is 29.6 Å². The maximum Gasteiger partial charge on any atom is 0.168 e. The molecule has 1 saturated carbocycles. The molecule has 0 amide bonds. The number of aryl methyl sites for hydroxylation is 1. The molecular formula is C18H25NO2. The fraction of sp³-hybridized carbons (Fsp3) is 0.667. The topological polar surface area (TPSA) is 30.5 Å². The maximum absolute atomic E-state index is 5.82. The van der Waals surface area contributed by atoms with E-state index in [4.69, 9.17) is 9.47 Å². The van der Waals surface area contributed by atoms with Crippen LogP contribution in [0.1, 0.15) is 43.2 Å². The number of rotatable bonds is 2. The molecule has 1 aromatic carbocycles. The summed E-state index contributed by atoms with van der Waals surface area (Å²) >= 11 is 0. The first-order valence-corrected chi connectivity index (χ1v) is 8.44. The van der Waals surface area contributed by atoms with Gasteiger partial charge in [-0.15, -0.1) is 0 Å². The Morgan fingerprint density at radius 3 is 2.38 bits per heavy atom. The van der Waals surface area contributed by atoms with Crippen molar-refractivity contribution in [2.24, 2.45) is 0 Å². The van der Waals surface area contributed by atoms with Crippen LogP contribution in [-0.4, -0.2) is 31.1 Å². The van der Waals surface area contributed by atoms with Crippen molar-refractivity contribution in [2.75, 3.05) is 13.2 Å². The van der Waals surface area contributed by atoms with E-state index in [9.17, 15) is 0 Å². The lowest BCUT2D eigenvalue weighted by atomic mass is 9.85. The van der Waals surface area contributed by atoms with Crippen LogP contribution >= 0.6 is 0 Å². The Morgan fingerprint density at radius 2 is 1.62 bits per heavy atom. The fourth-order valence-electron chi connectivity index (χ4n) is 4.18. The Bertz CT molecular complexity index is 486. The molecule has 4 rings (SSSR count). The second kappa shape index (κ2) is 5.71. The van der Waals surface area contributed by atoms with Crippen molar-refractivity contribution in [3.63, 3.8) is 0 Å². The zero-order valence-corrected chi connectivity index (χ0v) is 12.6. The molecule has 1 N–H and O–H groups in total. The van der Waals surface area contributed by atoms with Gasteiger partial charge < -0.3 is 14.8 Å². The van der Waals surface area contributed by atoms with Crippen LogP contribution in [0.25, 0.3) is 0 Å². The van der Waals surface area contributed by atoms with Gasteiger partial charge in [-0.25, -0.2) is 0 Å². The largest absolute Gasteiger partial charge is 0.348 e. The Hall–Kier alpha value is -0.900. The number of hydrogen-bond acceptors (Lipinski definition) is 3. The summed E-state index contributed by atoms with van der Waals surface area (Å²) in [5, 5.41) is 3.89. The molecule has 1 aromatic rings. The van der Waals surface area contributed by atoms with Crippen LogP contribution in [0, 0.1) is 0 Å². The summed E-state index contributed by atoms with van der Waals surface area (Å²) in [6.07, 6.45) is 8.13. The predicted octanol–water partition coefficient (Wildman–Crippen LogP) is 2.82. The van der Waals surface area contributed by atoms with Crippen molar-refractivity contribution < 1.29 is 9.47 Å². The van der Waals surface area contributed by atoms with Crippen LogP contribution in [-0.2, 0) is 22.3 Å². The van der Waals surface area contributed by atoms with Gasteiger partial charge in [0.05, 0.1) is 13.2 Å². The minimum atomic E-state index is -0.225. The lowest BCUT2D eigenvalue weighted by Crippen LogP contribution is -2.47. The van der Waals surface area contributed by atoms with Gasteiger partial charge in [0.15, 0.2) is 5.79 Å². The molecule has 1 saturated heterocycles. The molecular weight excluding hydrogens is 262 g/mol. The zero-order valence-electron chi connectivity index (χ0n) is 12.6. The smallest absolute Gasteiger partial charge is 0.168 e. The van der Waals surface area contributed by atoms with E-state index in [0.29, 0.717) is 12.1 Å². The highest BCUT2D eigenvalue weighted by molar-refractivity contribution is 5.30. The van der Waals surface area contributed by atoms with Crippen LogP contribution in [0.3, 0.4) is 0 Å². The summed E-state index contributed by atoms with van der Waals surface area (Å²) in [7, 11) is 0. The average molecular weight is 287 g/mol. The monoisotopic (exact) mass is 287 g/mol. The van der Waals surface area contributed by atoms with Crippen LogP contribution in [0.5, 0.6) is 0 Å². The van der Waals surface area contributed by atoms with Gasteiger partial charge in [0.2, 0.25) is 0 Å². The first-order chi connectivity index (χ1) is 10.3. The molecule has 1 aliphatic heterocycles. The molecule has 1 unspecified atom stereocenters. The van der Waals surface area contributed by atoms with Crippen molar-refractivity contribution in [1.29, 1.82) is 0 Å². The molecule has 2 fully saturated rings. The van der Waals surface area contributed by atoms with Crippen molar-refractivity contribution in [3.05, 3.63) is 35.4 Å². The molecule has 3 aliphatic rings. The van der Waals surface area contributed by atoms with Gasteiger partial charge in [-0.3, -0.25) is 0 Å².